The van der Waals surface area contributed by atoms with Gasteiger partial charge in [0.05, 0.1) is 6.26 Å². The molecule has 2 N–H and O–H groups in total. The Morgan fingerprint density at radius 2 is 2.19 bits per heavy atom. The van der Waals surface area contributed by atoms with Crippen LogP contribution in [0.3, 0.4) is 0 Å². The van der Waals surface area contributed by atoms with Crippen molar-refractivity contribution >= 4 is 29.1 Å². The monoisotopic (exact) mass is 253 g/mol. The molecule has 1 aromatic heterocycles. The van der Waals surface area contributed by atoms with Gasteiger partial charge in [-0.05, 0) is 30.7 Å². The van der Waals surface area contributed by atoms with Crippen molar-refractivity contribution in [2.45, 2.75) is 17.6 Å². The van der Waals surface area contributed by atoms with Gasteiger partial charge in [-0.2, -0.15) is 0 Å². The predicted molar refractivity (Wildman–Crippen MR) is 68.9 cm³/mol. The fraction of sp³-hybridized carbons (Fsp3) is 0.167. The van der Waals surface area contributed by atoms with E-state index in [2.05, 4.69) is 0 Å². The lowest BCUT2D eigenvalue weighted by molar-refractivity contribution is 0.527. The maximum Gasteiger partial charge on any atom is 0.114 e. The number of nitrogen functional groups attached to an aromatic ring is 1. The quantitative estimate of drug-likeness (QED) is 0.661. The fourth-order valence-electron chi connectivity index (χ4n) is 1.36. The van der Waals surface area contributed by atoms with Gasteiger partial charge in [-0.1, -0.05) is 17.7 Å². The van der Waals surface area contributed by atoms with E-state index in [1.54, 1.807) is 24.1 Å². The minimum absolute atomic E-state index is 0.693. The molecule has 0 aliphatic rings. The van der Waals surface area contributed by atoms with E-state index in [1.807, 2.05) is 25.1 Å². The number of anilines is 1. The van der Waals surface area contributed by atoms with E-state index in [0.29, 0.717) is 10.7 Å². The van der Waals surface area contributed by atoms with Crippen molar-refractivity contribution in [2.75, 3.05) is 5.73 Å². The smallest absolute Gasteiger partial charge is 0.114 e. The lowest BCUT2D eigenvalue weighted by Crippen LogP contribution is -1.88. The topological polar surface area (TPSA) is 39.2 Å². The third-order valence-corrected chi connectivity index (χ3v) is 3.81. The number of rotatable bonds is 3. The van der Waals surface area contributed by atoms with Gasteiger partial charge >= 0.3 is 0 Å². The lowest BCUT2D eigenvalue weighted by atomic mass is 10.2. The molecule has 1 heterocycles. The first-order valence-corrected chi connectivity index (χ1v) is 6.24. The molecule has 0 aliphatic heterocycles. The maximum atomic E-state index is 6.09. The molecule has 0 spiro atoms. The number of aryl methyl sites for hydroxylation is 1. The highest BCUT2D eigenvalue weighted by Crippen LogP contribution is 2.30. The Labute approximate surface area is 104 Å². The average Bonchev–Trinajstić information content (AvgIpc) is 2.63. The van der Waals surface area contributed by atoms with Gasteiger partial charge in [0.15, 0.2) is 0 Å². The van der Waals surface area contributed by atoms with E-state index in [-0.39, 0.29) is 0 Å². The van der Waals surface area contributed by atoms with Crippen LogP contribution in [-0.4, -0.2) is 0 Å². The molecule has 0 bridgehead atoms. The Hall–Kier alpha value is -1.06. The van der Waals surface area contributed by atoms with Gasteiger partial charge in [0.25, 0.3) is 0 Å². The van der Waals surface area contributed by atoms with E-state index in [9.17, 15) is 0 Å². The zero-order valence-electron chi connectivity index (χ0n) is 8.87. The van der Waals surface area contributed by atoms with Crippen LogP contribution in [0.15, 0.2) is 39.8 Å². The fourth-order valence-corrected chi connectivity index (χ4v) is 2.66. The SMILES string of the molecule is Cc1occc1SCc1ccc(N)cc1Cl. The molecular weight excluding hydrogens is 242 g/mol. The Kier molecular flexibility index (Phi) is 3.46. The summed E-state index contributed by atoms with van der Waals surface area (Å²) in [5, 5.41) is 0.716. The summed E-state index contributed by atoms with van der Waals surface area (Å²) in [5.41, 5.74) is 7.41. The maximum absolute atomic E-state index is 6.09. The first kappa shape index (κ1) is 11.4. The Bertz CT molecular complexity index is 496. The van der Waals surface area contributed by atoms with Gasteiger partial charge < -0.3 is 10.2 Å². The summed E-state index contributed by atoms with van der Waals surface area (Å²) in [6, 6.07) is 7.56. The van der Waals surface area contributed by atoms with Crippen LogP contribution in [0.1, 0.15) is 11.3 Å². The van der Waals surface area contributed by atoms with Crippen LogP contribution in [0.2, 0.25) is 5.02 Å². The summed E-state index contributed by atoms with van der Waals surface area (Å²) in [5.74, 6) is 1.76. The van der Waals surface area contributed by atoms with E-state index in [4.69, 9.17) is 21.8 Å². The standard InChI is InChI=1S/C12H12ClNOS/c1-8-12(4-5-15-8)16-7-9-2-3-10(14)6-11(9)13/h2-6H,7,14H2,1H3. The molecule has 0 unspecified atom stereocenters. The van der Waals surface area contributed by atoms with Crippen LogP contribution in [-0.2, 0) is 5.75 Å². The molecular formula is C12H12ClNOS. The molecule has 84 valence electrons. The molecule has 2 rings (SSSR count). The number of hydrogen-bond acceptors (Lipinski definition) is 3. The van der Waals surface area contributed by atoms with Crippen molar-refractivity contribution < 1.29 is 4.42 Å². The molecule has 0 saturated carbocycles. The summed E-state index contributed by atoms with van der Waals surface area (Å²) >= 11 is 7.80. The first-order chi connectivity index (χ1) is 7.66. The van der Waals surface area contributed by atoms with Crippen LogP contribution >= 0.6 is 23.4 Å². The van der Waals surface area contributed by atoms with Gasteiger partial charge in [0, 0.05) is 21.4 Å². The summed E-state index contributed by atoms with van der Waals surface area (Å²) in [6.07, 6.45) is 1.70. The average molecular weight is 254 g/mol. The van der Waals surface area contributed by atoms with Crippen LogP contribution in [0, 0.1) is 6.92 Å². The lowest BCUT2D eigenvalue weighted by Gasteiger charge is -2.04. The van der Waals surface area contributed by atoms with Crippen molar-refractivity contribution in [2.24, 2.45) is 0 Å². The van der Waals surface area contributed by atoms with E-state index in [1.165, 1.54) is 0 Å². The largest absolute Gasteiger partial charge is 0.468 e. The highest BCUT2D eigenvalue weighted by atomic mass is 35.5. The molecule has 4 heteroatoms. The first-order valence-electron chi connectivity index (χ1n) is 4.87. The molecule has 0 aliphatic carbocycles. The minimum atomic E-state index is 0.693. The third kappa shape index (κ3) is 2.54. The van der Waals surface area contributed by atoms with Gasteiger partial charge in [-0.25, -0.2) is 0 Å². The van der Waals surface area contributed by atoms with Crippen LogP contribution < -0.4 is 5.73 Å². The molecule has 1 aromatic carbocycles. The van der Waals surface area contributed by atoms with E-state index >= 15 is 0 Å². The van der Waals surface area contributed by atoms with Crippen LogP contribution in [0.5, 0.6) is 0 Å². The Morgan fingerprint density at radius 3 is 2.81 bits per heavy atom. The zero-order valence-corrected chi connectivity index (χ0v) is 10.4. The number of halogens is 1. The van der Waals surface area contributed by atoms with Crippen molar-refractivity contribution in [1.29, 1.82) is 0 Å². The second-order valence-corrected chi connectivity index (χ2v) is 4.90. The highest BCUT2D eigenvalue weighted by molar-refractivity contribution is 7.98. The normalized spacial score (nSPS) is 10.6. The predicted octanol–water partition coefficient (Wildman–Crippen LogP) is 4.12. The molecule has 0 atom stereocenters. The van der Waals surface area contributed by atoms with Gasteiger partial charge in [-0.3, -0.25) is 0 Å². The van der Waals surface area contributed by atoms with Gasteiger partial charge in [-0.15, -0.1) is 11.8 Å². The van der Waals surface area contributed by atoms with Crippen LogP contribution in [0.4, 0.5) is 5.69 Å². The molecule has 0 radical (unpaired) electrons. The number of hydrogen-bond donors (Lipinski definition) is 1. The molecule has 0 amide bonds. The third-order valence-electron chi connectivity index (χ3n) is 2.27. The summed E-state index contributed by atoms with van der Waals surface area (Å²) in [6.45, 7) is 1.95. The summed E-state index contributed by atoms with van der Waals surface area (Å²) < 4.78 is 5.23. The molecule has 2 nitrogen and oxygen atoms in total. The Balaban J connectivity index is 2.08. The number of thioether (sulfide) groups is 1. The Morgan fingerprint density at radius 1 is 1.38 bits per heavy atom. The van der Waals surface area contributed by atoms with Crippen molar-refractivity contribution in [1.82, 2.24) is 0 Å². The van der Waals surface area contributed by atoms with E-state index < -0.39 is 0 Å². The zero-order chi connectivity index (χ0) is 11.5. The number of benzene rings is 1. The van der Waals surface area contributed by atoms with E-state index in [0.717, 1.165) is 22.0 Å². The second kappa shape index (κ2) is 4.85. The molecule has 0 saturated heterocycles. The molecule has 0 fully saturated rings. The number of furan rings is 1. The summed E-state index contributed by atoms with van der Waals surface area (Å²) in [7, 11) is 0. The molecule has 16 heavy (non-hydrogen) atoms. The van der Waals surface area contributed by atoms with Crippen molar-refractivity contribution in [3.05, 3.63) is 46.9 Å². The molecule has 2 aromatic rings. The minimum Gasteiger partial charge on any atom is -0.468 e. The summed E-state index contributed by atoms with van der Waals surface area (Å²) in [4.78, 5) is 1.15. The number of nitrogens with two attached hydrogens (primary N) is 1. The van der Waals surface area contributed by atoms with Gasteiger partial charge in [0.1, 0.15) is 5.76 Å². The second-order valence-electron chi connectivity index (χ2n) is 3.48. The van der Waals surface area contributed by atoms with Gasteiger partial charge in [0.2, 0.25) is 0 Å². The highest BCUT2D eigenvalue weighted by Gasteiger charge is 2.05. The van der Waals surface area contributed by atoms with Crippen molar-refractivity contribution in [3.8, 4) is 0 Å². The van der Waals surface area contributed by atoms with Crippen LogP contribution in [0.25, 0.3) is 0 Å². The van der Waals surface area contributed by atoms with Crippen molar-refractivity contribution in [3.63, 3.8) is 0 Å².